The fraction of sp³-hybridized carbons (Fsp3) is 0.467. The van der Waals surface area contributed by atoms with E-state index in [0.29, 0.717) is 24.6 Å². The van der Waals surface area contributed by atoms with Crippen LogP contribution in [0.5, 0.6) is 5.75 Å². The standard InChI is InChI=1S/C15H20N2O4/c1-3-6-20-15(19)10(2)17-12-5-4-11(8-16)7-13(12)21-9-14(17)18/h4-5,7,10H,3,6,8-9,16H2,1-2H3. The number of hydrogen-bond acceptors (Lipinski definition) is 5. The van der Waals surface area contributed by atoms with Crippen LogP contribution in [0.1, 0.15) is 25.8 Å². The van der Waals surface area contributed by atoms with Crippen molar-refractivity contribution in [1.29, 1.82) is 0 Å². The van der Waals surface area contributed by atoms with Crippen LogP contribution in [0.2, 0.25) is 0 Å². The lowest BCUT2D eigenvalue weighted by Gasteiger charge is -2.33. The van der Waals surface area contributed by atoms with Gasteiger partial charge >= 0.3 is 5.97 Å². The SMILES string of the molecule is CCCOC(=O)C(C)N1C(=O)COc2cc(CN)ccc21. The van der Waals surface area contributed by atoms with Crippen molar-refractivity contribution in [3.05, 3.63) is 23.8 Å². The van der Waals surface area contributed by atoms with Gasteiger partial charge in [0.05, 0.1) is 12.3 Å². The highest BCUT2D eigenvalue weighted by molar-refractivity contribution is 6.02. The molecule has 6 nitrogen and oxygen atoms in total. The quantitative estimate of drug-likeness (QED) is 0.825. The Labute approximate surface area is 123 Å². The molecular formula is C15H20N2O4. The summed E-state index contributed by atoms with van der Waals surface area (Å²) in [5, 5.41) is 0. The highest BCUT2D eigenvalue weighted by atomic mass is 16.5. The van der Waals surface area contributed by atoms with Gasteiger partial charge in [0.2, 0.25) is 0 Å². The Hall–Kier alpha value is -2.08. The lowest BCUT2D eigenvalue weighted by atomic mass is 10.1. The molecule has 0 radical (unpaired) electrons. The van der Waals surface area contributed by atoms with Crippen LogP contribution in [0, 0.1) is 0 Å². The third kappa shape index (κ3) is 3.16. The Bertz CT molecular complexity index is 544. The normalized spacial score (nSPS) is 15.2. The number of nitrogens with zero attached hydrogens (tertiary/aromatic N) is 1. The molecule has 0 bridgehead atoms. The molecule has 1 atom stereocenters. The summed E-state index contributed by atoms with van der Waals surface area (Å²) < 4.78 is 10.5. The number of hydrogen-bond donors (Lipinski definition) is 1. The van der Waals surface area contributed by atoms with Crippen LogP contribution in [-0.4, -0.2) is 31.1 Å². The zero-order valence-corrected chi connectivity index (χ0v) is 12.3. The van der Waals surface area contributed by atoms with Gasteiger partial charge in [-0.15, -0.1) is 0 Å². The van der Waals surface area contributed by atoms with Gasteiger partial charge in [-0.3, -0.25) is 9.69 Å². The summed E-state index contributed by atoms with van der Waals surface area (Å²) in [6.45, 7) is 4.22. The molecule has 0 aliphatic carbocycles. The minimum absolute atomic E-state index is 0.0909. The average Bonchev–Trinajstić information content (AvgIpc) is 2.51. The second kappa shape index (κ2) is 6.58. The van der Waals surface area contributed by atoms with E-state index in [0.717, 1.165) is 12.0 Å². The van der Waals surface area contributed by atoms with Crippen molar-refractivity contribution in [1.82, 2.24) is 0 Å². The number of nitrogens with two attached hydrogens (primary N) is 1. The molecule has 0 spiro atoms. The van der Waals surface area contributed by atoms with Crippen molar-refractivity contribution in [2.75, 3.05) is 18.1 Å². The zero-order chi connectivity index (χ0) is 15.4. The molecule has 1 amide bonds. The smallest absolute Gasteiger partial charge is 0.328 e. The van der Waals surface area contributed by atoms with E-state index in [1.54, 1.807) is 19.1 Å². The predicted octanol–water partition coefficient (Wildman–Crippen LogP) is 1.21. The molecule has 1 aliphatic rings. The van der Waals surface area contributed by atoms with Crippen LogP contribution in [0.3, 0.4) is 0 Å². The van der Waals surface area contributed by atoms with Gasteiger partial charge in [0, 0.05) is 6.54 Å². The molecule has 1 aliphatic heterocycles. The molecule has 1 heterocycles. The first kappa shape index (κ1) is 15.3. The fourth-order valence-electron chi connectivity index (χ4n) is 2.20. The molecule has 1 aromatic rings. The first-order valence-electron chi connectivity index (χ1n) is 7.03. The number of carbonyl (C=O) groups excluding carboxylic acids is 2. The molecule has 0 saturated heterocycles. The maximum Gasteiger partial charge on any atom is 0.328 e. The van der Waals surface area contributed by atoms with Gasteiger partial charge in [0.1, 0.15) is 11.8 Å². The van der Waals surface area contributed by atoms with Crippen molar-refractivity contribution >= 4 is 17.6 Å². The lowest BCUT2D eigenvalue weighted by Crippen LogP contribution is -2.48. The van der Waals surface area contributed by atoms with Crippen LogP contribution in [0.4, 0.5) is 5.69 Å². The lowest BCUT2D eigenvalue weighted by molar-refractivity contribution is -0.146. The Balaban J connectivity index is 2.27. The van der Waals surface area contributed by atoms with Crippen molar-refractivity contribution < 1.29 is 19.1 Å². The van der Waals surface area contributed by atoms with E-state index in [1.165, 1.54) is 4.90 Å². The van der Waals surface area contributed by atoms with Crippen LogP contribution in [0.15, 0.2) is 18.2 Å². The summed E-state index contributed by atoms with van der Waals surface area (Å²) in [5.74, 6) is -0.113. The summed E-state index contributed by atoms with van der Waals surface area (Å²) in [4.78, 5) is 25.5. The Morgan fingerprint density at radius 3 is 2.95 bits per heavy atom. The average molecular weight is 292 g/mol. The van der Waals surface area contributed by atoms with E-state index in [9.17, 15) is 9.59 Å². The number of benzene rings is 1. The van der Waals surface area contributed by atoms with E-state index in [-0.39, 0.29) is 12.5 Å². The van der Waals surface area contributed by atoms with Gasteiger partial charge < -0.3 is 15.2 Å². The Kier molecular flexibility index (Phi) is 4.80. The molecule has 0 fully saturated rings. The van der Waals surface area contributed by atoms with Crippen molar-refractivity contribution in [2.45, 2.75) is 32.9 Å². The molecule has 0 saturated carbocycles. The number of rotatable bonds is 5. The van der Waals surface area contributed by atoms with Gasteiger partial charge in [-0.05, 0) is 31.0 Å². The highest BCUT2D eigenvalue weighted by Crippen LogP contribution is 2.34. The Morgan fingerprint density at radius 2 is 2.29 bits per heavy atom. The Morgan fingerprint density at radius 1 is 1.52 bits per heavy atom. The number of carbonyl (C=O) groups is 2. The minimum atomic E-state index is -0.685. The van der Waals surface area contributed by atoms with E-state index < -0.39 is 12.0 Å². The maximum absolute atomic E-state index is 12.1. The predicted molar refractivity (Wildman–Crippen MR) is 78.0 cm³/mol. The largest absolute Gasteiger partial charge is 0.482 e. The monoisotopic (exact) mass is 292 g/mol. The summed E-state index contributed by atoms with van der Waals surface area (Å²) in [5.41, 5.74) is 7.08. The summed E-state index contributed by atoms with van der Waals surface area (Å²) in [6, 6.07) is 4.67. The summed E-state index contributed by atoms with van der Waals surface area (Å²) in [6.07, 6.45) is 0.742. The van der Waals surface area contributed by atoms with Crippen molar-refractivity contribution in [3.63, 3.8) is 0 Å². The highest BCUT2D eigenvalue weighted by Gasteiger charge is 2.33. The molecule has 2 rings (SSSR count). The van der Waals surface area contributed by atoms with Gasteiger partial charge in [-0.25, -0.2) is 4.79 Å². The maximum atomic E-state index is 12.1. The molecule has 2 N–H and O–H groups in total. The molecule has 1 aromatic carbocycles. The van der Waals surface area contributed by atoms with Crippen molar-refractivity contribution in [3.8, 4) is 5.75 Å². The van der Waals surface area contributed by atoms with Crippen LogP contribution in [0.25, 0.3) is 0 Å². The number of ether oxygens (including phenoxy) is 2. The summed E-state index contributed by atoms with van der Waals surface area (Å²) in [7, 11) is 0. The van der Waals surface area contributed by atoms with E-state index in [2.05, 4.69) is 0 Å². The summed E-state index contributed by atoms with van der Waals surface area (Å²) >= 11 is 0. The van der Waals surface area contributed by atoms with Gasteiger partial charge in [0.15, 0.2) is 6.61 Å². The first-order valence-corrected chi connectivity index (χ1v) is 7.03. The van der Waals surface area contributed by atoms with Crippen molar-refractivity contribution in [2.24, 2.45) is 5.73 Å². The third-order valence-electron chi connectivity index (χ3n) is 3.32. The van der Waals surface area contributed by atoms with E-state index in [4.69, 9.17) is 15.2 Å². The number of amides is 1. The second-order valence-electron chi connectivity index (χ2n) is 4.90. The second-order valence-corrected chi connectivity index (χ2v) is 4.90. The van der Waals surface area contributed by atoms with Gasteiger partial charge in [-0.1, -0.05) is 13.0 Å². The van der Waals surface area contributed by atoms with Gasteiger partial charge in [0.25, 0.3) is 5.91 Å². The molecule has 21 heavy (non-hydrogen) atoms. The number of anilines is 1. The molecular weight excluding hydrogens is 272 g/mol. The van der Waals surface area contributed by atoms with Gasteiger partial charge in [-0.2, -0.15) is 0 Å². The number of fused-ring (bicyclic) bond motifs is 1. The molecule has 0 aromatic heterocycles. The topological polar surface area (TPSA) is 81.9 Å². The van der Waals surface area contributed by atoms with Crippen LogP contribution in [-0.2, 0) is 20.9 Å². The minimum Gasteiger partial charge on any atom is -0.482 e. The molecule has 1 unspecified atom stereocenters. The zero-order valence-electron chi connectivity index (χ0n) is 12.3. The van der Waals surface area contributed by atoms with Crippen LogP contribution < -0.4 is 15.4 Å². The van der Waals surface area contributed by atoms with Crippen LogP contribution >= 0.6 is 0 Å². The van der Waals surface area contributed by atoms with E-state index in [1.807, 2.05) is 13.0 Å². The third-order valence-corrected chi connectivity index (χ3v) is 3.32. The molecule has 114 valence electrons. The molecule has 6 heteroatoms. The first-order chi connectivity index (χ1) is 10.1. The number of esters is 1. The van der Waals surface area contributed by atoms with E-state index >= 15 is 0 Å². The fourth-order valence-corrected chi connectivity index (χ4v) is 2.20.